The number of carboxylic acids is 1. The first-order valence-electron chi connectivity index (χ1n) is 7.69. The summed E-state index contributed by atoms with van der Waals surface area (Å²) in [6, 6.07) is -0.185. The van der Waals surface area contributed by atoms with Crippen LogP contribution in [0.2, 0.25) is 0 Å². The third-order valence-electron chi connectivity index (χ3n) is 5.03. The fourth-order valence-corrected chi connectivity index (χ4v) is 3.25. The van der Waals surface area contributed by atoms with Crippen LogP contribution in [0.3, 0.4) is 0 Å². The Morgan fingerprint density at radius 3 is 2.57 bits per heavy atom. The lowest BCUT2D eigenvalue weighted by molar-refractivity contribution is -0.150. The number of carbonyl (C=O) groups is 2. The van der Waals surface area contributed by atoms with E-state index in [4.69, 9.17) is 4.74 Å². The van der Waals surface area contributed by atoms with Crippen molar-refractivity contribution >= 4 is 12.0 Å². The molecule has 2 amide bonds. The van der Waals surface area contributed by atoms with E-state index in [-0.39, 0.29) is 24.1 Å². The molecule has 0 saturated carbocycles. The molecule has 0 aliphatic carbocycles. The molecule has 2 atom stereocenters. The van der Waals surface area contributed by atoms with E-state index >= 15 is 0 Å². The molecule has 2 unspecified atom stereocenters. The smallest absolute Gasteiger partial charge is 0.317 e. The van der Waals surface area contributed by atoms with E-state index in [1.807, 2.05) is 20.8 Å². The van der Waals surface area contributed by atoms with Crippen molar-refractivity contribution < 1.29 is 19.4 Å². The first-order valence-corrected chi connectivity index (χ1v) is 7.69. The van der Waals surface area contributed by atoms with Crippen LogP contribution < -0.4 is 5.32 Å². The van der Waals surface area contributed by atoms with Crippen LogP contribution in [0.4, 0.5) is 4.79 Å². The molecule has 2 aliphatic heterocycles. The maximum atomic E-state index is 12.2. The summed E-state index contributed by atoms with van der Waals surface area (Å²) in [4.78, 5) is 25.4. The second kappa shape index (κ2) is 5.83. The van der Waals surface area contributed by atoms with E-state index in [2.05, 4.69) is 5.32 Å². The Hall–Kier alpha value is -1.30. The molecule has 2 aliphatic rings. The van der Waals surface area contributed by atoms with Gasteiger partial charge in [0.2, 0.25) is 0 Å². The number of rotatable bonds is 4. The number of carbonyl (C=O) groups excluding carboxylic acids is 1. The summed E-state index contributed by atoms with van der Waals surface area (Å²) < 4.78 is 5.64. The molecule has 0 radical (unpaired) electrons. The number of urea groups is 1. The molecule has 2 saturated heterocycles. The van der Waals surface area contributed by atoms with Gasteiger partial charge in [-0.3, -0.25) is 4.79 Å². The molecule has 0 aromatic carbocycles. The van der Waals surface area contributed by atoms with Crippen LogP contribution in [0, 0.1) is 11.3 Å². The summed E-state index contributed by atoms with van der Waals surface area (Å²) >= 11 is 0. The van der Waals surface area contributed by atoms with E-state index in [0.29, 0.717) is 19.5 Å². The van der Waals surface area contributed by atoms with Gasteiger partial charge >= 0.3 is 12.0 Å². The predicted molar refractivity (Wildman–Crippen MR) is 78.1 cm³/mol. The van der Waals surface area contributed by atoms with Gasteiger partial charge < -0.3 is 20.1 Å². The second-order valence-corrected chi connectivity index (χ2v) is 6.85. The monoisotopic (exact) mass is 298 g/mol. The van der Waals surface area contributed by atoms with Gasteiger partial charge in [-0.05, 0) is 32.1 Å². The minimum atomic E-state index is -0.814. The highest BCUT2D eigenvalue weighted by molar-refractivity contribution is 5.80. The Morgan fingerprint density at radius 1 is 1.38 bits per heavy atom. The molecule has 21 heavy (non-hydrogen) atoms. The lowest BCUT2D eigenvalue weighted by Crippen LogP contribution is -2.47. The van der Waals surface area contributed by atoms with Crippen molar-refractivity contribution in [3.63, 3.8) is 0 Å². The Balaban J connectivity index is 1.91. The van der Waals surface area contributed by atoms with Crippen molar-refractivity contribution in [3.05, 3.63) is 0 Å². The number of amides is 2. The number of likely N-dealkylation sites (tertiary alicyclic amines) is 1. The third-order valence-corrected chi connectivity index (χ3v) is 5.03. The number of aliphatic carboxylic acids is 1. The highest BCUT2D eigenvalue weighted by atomic mass is 16.5. The number of hydrogen-bond acceptors (Lipinski definition) is 3. The first kappa shape index (κ1) is 16.1. The van der Waals surface area contributed by atoms with E-state index in [0.717, 1.165) is 19.4 Å². The van der Waals surface area contributed by atoms with Gasteiger partial charge in [-0.25, -0.2) is 4.79 Å². The molecule has 0 aromatic heterocycles. The fourth-order valence-electron chi connectivity index (χ4n) is 3.25. The molecule has 2 fully saturated rings. The molecule has 2 rings (SSSR count). The van der Waals surface area contributed by atoms with Gasteiger partial charge in [0.1, 0.15) is 0 Å². The summed E-state index contributed by atoms with van der Waals surface area (Å²) in [5.74, 6) is -0.803. The van der Waals surface area contributed by atoms with E-state index in [1.165, 1.54) is 0 Å². The maximum absolute atomic E-state index is 12.2. The molecule has 2 heterocycles. The standard InChI is InChI=1S/C15H26N2O4/c1-11(2)15(12(18)19)6-7-17(10-15)13(20)16-9-14(3)5-4-8-21-14/h11H,4-10H2,1-3H3,(H,16,20)(H,18,19). The summed E-state index contributed by atoms with van der Waals surface area (Å²) in [7, 11) is 0. The predicted octanol–water partition coefficient (Wildman–Crippen LogP) is 1.70. The lowest BCUT2D eigenvalue weighted by atomic mass is 9.76. The van der Waals surface area contributed by atoms with Crippen molar-refractivity contribution in [1.29, 1.82) is 0 Å². The Kier molecular flexibility index (Phi) is 4.46. The van der Waals surface area contributed by atoms with Crippen molar-refractivity contribution in [2.75, 3.05) is 26.2 Å². The van der Waals surface area contributed by atoms with Gasteiger partial charge in [0.05, 0.1) is 11.0 Å². The van der Waals surface area contributed by atoms with E-state index in [1.54, 1.807) is 4.90 Å². The highest BCUT2D eigenvalue weighted by Gasteiger charge is 2.48. The molecular formula is C15H26N2O4. The Morgan fingerprint density at radius 2 is 2.10 bits per heavy atom. The number of nitrogens with one attached hydrogen (secondary N) is 1. The van der Waals surface area contributed by atoms with Gasteiger partial charge in [-0.2, -0.15) is 0 Å². The summed E-state index contributed by atoms with van der Waals surface area (Å²) in [5, 5.41) is 12.4. The molecule has 2 N–H and O–H groups in total. The van der Waals surface area contributed by atoms with Gasteiger partial charge in [-0.15, -0.1) is 0 Å². The normalized spacial score (nSPS) is 32.7. The number of nitrogens with zero attached hydrogens (tertiary/aromatic N) is 1. The number of carboxylic acid groups (broad SMARTS) is 1. The SMILES string of the molecule is CC(C)C1(C(=O)O)CCN(C(=O)NCC2(C)CCCO2)C1. The number of ether oxygens (including phenoxy) is 1. The van der Waals surface area contributed by atoms with Gasteiger partial charge in [0.15, 0.2) is 0 Å². The van der Waals surface area contributed by atoms with Crippen LogP contribution in [-0.4, -0.2) is 53.8 Å². The molecule has 6 nitrogen and oxygen atoms in total. The van der Waals surface area contributed by atoms with E-state index < -0.39 is 11.4 Å². The van der Waals surface area contributed by atoms with Crippen LogP contribution in [0.15, 0.2) is 0 Å². The van der Waals surface area contributed by atoms with Crippen LogP contribution >= 0.6 is 0 Å². The zero-order valence-corrected chi connectivity index (χ0v) is 13.1. The molecule has 0 aromatic rings. The second-order valence-electron chi connectivity index (χ2n) is 6.85. The topological polar surface area (TPSA) is 78.9 Å². The minimum Gasteiger partial charge on any atom is -0.481 e. The van der Waals surface area contributed by atoms with Gasteiger partial charge in [-0.1, -0.05) is 13.8 Å². The largest absolute Gasteiger partial charge is 0.481 e. The average Bonchev–Trinajstić information content (AvgIpc) is 3.03. The average molecular weight is 298 g/mol. The van der Waals surface area contributed by atoms with Gasteiger partial charge in [0, 0.05) is 26.2 Å². The molecule has 0 spiro atoms. The van der Waals surface area contributed by atoms with E-state index in [9.17, 15) is 14.7 Å². The molecule has 0 bridgehead atoms. The van der Waals surface area contributed by atoms with Crippen LogP contribution in [0.25, 0.3) is 0 Å². The summed E-state index contributed by atoms with van der Waals surface area (Å²) in [6.45, 7) is 7.80. The summed E-state index contributed by atoms with van der Waals surface area (Å²) in [5.41, 5.74) is -1.09. The Bertz CT molecular complexity index is 418. The molecule has 120 valence electrons. The zero-order valence-electron chi connectivity index (χ0n) is 13.1. The van der Waals surface area contributed by atoms with Crippen LogP contribution in [-0.2, 0) is 9.53 Å². The zero-order chi connectivity index (χ0) is 15.7. The first-order chi connectivity index (χ1) is 9.79. The summed E-state index contributed by atoms with van der Waals surface area (Å²) in [6.07, 6.45) is 2.48. The Labute approximate surface area is 125 Å². The van der Waals surface area contributed by atoms with Crippen molar-refractivity contribution in [3.8, 4) is 0 Å². The minimum absolute atomic E-state index is 0.00322. The van der Waals surface area contributed by atoms with Crippen molar-refractivity contribution in [2.24, 2.45) is 11.3 Å². The highest BCUT2D eigenvalue weighted by Crippen LogP contribution is 2.38. The van der Waals surface area contributed by atoms with Crippen LogP contribution in [0.1, 0.15) is 40.0 Å². The number of hydrogen-bond donors (Lipinski definition) is 2. The molecule has 6 heteroatoms. The maximum Gasteiger partial charge on any atom is 0.317 e. The van der Waals surface area contributed by atoms with Crippen LogP contribution in [0.5, 0.6) is 0 Å². The van der Waals surface area contributed by atoms with Gasteiger partial charge in [0.25, 0.3) is 0 Å². The lowest BCUT2D eigenvalue weighted by Gasteiger charge is -2.29. The fraction of sp³-hybridized carbons (Fsp3) is 0.867. The third kappa shape index (κ3) is 3.15. The quantitative estimate of drug-likeness (QED) is 0.828. The van der Waals surface area contributed by atoms with Crippen molar-refractivity contribution in [1.82, 2.24) is 10.2 Å². The van der Waals surface area contributed by atoms with Crippen molar-refractivity contribution in [2.45, 2.75) is 45.6 Å². The molecular weight excluding hydrogens is 272 g/mol.